The molecular formula is C12H12FN3O. The molecule has 0 unspecified atom stereocenters. The first-order valence-electron chi connectivity index (χ1n) is 5.22. The molecule has 0 spiro atoms. The third kappa shape index (κ3) is 2.90. The van der Waals surface area contributed by atoms with Gasteiger partial charge in [-0.15, -0.1) is 0 Å². The van der Waals surface area contributed by atoms with Crippen LogP contribution in [0, 0.1) is 5.82 Å². The molecule has 0 amide bonds. The highest BCUT2D eigenvalue weighted by Gasteiger charge is 2.01. The van der Waals surface area contributed by atoms with Crippen LogP contribution in [0.4, 0.5) is 10.1 Å². The van der Waals surface area contributed by atoms with Gasteiger partial charge in [0, 0.05) is 11.8 Å². The lowest BCUT2D eigenvalue weighted by Gasteiger charge is -2.03. The molecule has 0 aliphatic rings. The van der Waals surface area contributed by atoms with Gasteiger partial charge < -0.3 is 10.7 Å². The number of halogens is 1. The Morgan fingerprint density at radius 1 is 1.29 bits per heavy atom. The number of benzene rings is 1. The molecule has 0 aliphatic carbocycles. The van der Waals surface area contributed by atoms with E-state index >= 15 is 0 Å². The second-order valence-corrected chi connectivity index (χ2v) is 3.76. The topological polar surface area (TPSA) is 71.8 Å². The number of hydrogen-bond donors (Lipinski definition) is 2. The average molecular weight is 233 g/mol. The number of H-pyrrole nitrogens is 1. The maximum Gasteiger partial charge on any atom is 0.250 e. The van der Waals surface area contributed by atoms with Gasteiger partial charge in [-0.2, -0.15) is 0 Å². The summed E-state index contributed by atoms with van der Waals surface area (Å²) >= 11 is 0. The maximum atomic E-state index is 12.9. The van der Waals surface area contributed by atoms with Crippen molar-refractivity contribution in [1.29, 1.82) is 0 Å². The minimum absolute atomic E-state index is 0.140. The fraction of sp³-hybridized carbons (Fsp3) is 0.167. The summed E-state index contributed by atoms with van der Waals surface area (Å²) in [5, 5.41) is 0. The Labute approximate surface area is 97.3 Å². The van der Waals surface area contributed by atoms with Crippen LogP contribution < -0.4 is 11.3 Å². The smallest absolute Gasteiger partial charge is 0.250 e. The summed E-state index contributed by atoms with van der Waals surface area (Å²) in [7, 11) is 0. The van der Waals surface area contributed by atoms with Crippen LogP contribution in [0.1, 0.15) is 11.3 Å². The molecule has 1 aromatic carbocycles. The third-order valence-electron chi connectivity index (χ3n) is 2.47. The molecule has 17 heavy (non-hydrogen) atoms. The van der Waals surface area contributed by atoms with Gasteiger partial charge in [0.25, 0.3) is 5.56 Å². The van der Waals surface area contributed by atoms with Gasteiger partial charge in [-0.1, -0.05) is 6.07 Å². The minimum atomic E-state index is -0.414. The predicted molar refractivity (Wildman–Crippen MR) is 63.1 cm³/mol. The molecule has 0 fully saturated rings. The number of rotatable bonds is 3. The summed E-state index contributed by atoms with van der Waals surface area (Å²) in [6.07, 6.45) is 2.66. The van der Waals surface area contributed by atoms with E-state index in [0.29, 0.717) is 18.5 Å². The average Bonchev–Trinajstić information content (AvgIpc) is 2.31. The van der Waals surface area contributed by atoms with Crippen LogP contribution in [0.15, 0.2) is 35.4 Å². The summed E-state index contributed by atoms with van der Waals surface area (Å²) in [6, 6.07) is 6.07. The summed E-state index contributed by atoms with van der Waals surface area (Å²) in [6.45, 7) is 0. The number of aromatic amines is 1. The zero-order valence-corrected chi connectivity index (χ0v) is 9.11. The van der Waals surface area contributed by atoms with Crippen LogP contribution >= 0.6 is 0 Å². The minimum Gasteiger partial charge on any atom is -0.396 e. The molecule has 2 rings (SSSR count). The third-order valence-corrected chi connectivity index (χ3v) is 2.47. The number of nitrogens with two attached hydrogens (primary N) is 1. The van der Waals surface area contributed by atoms with Gasteiger partial charge in [0.05, 0.1) is 12.0 Å². The molecule has 0 atom stereocenters. The van der Waals surface area contributed by atoms with Crippen LogP contribution in [0.3, 0.4) is 0 Å². The van der Waals surface area contributed by atoms with Crippen molar-refractivity contribution in [2.24, 2.45) is 0 Å². The van der Waals surface area contributed by atoms with E-state index in [1.807, 2.05) is 0 Å². The van der Waals surface area contributed by atoms with Crippen molar-refractivity contribution < 1.29 is 4.39 Å². The largest absolute Gasteiger partial charge is 0.396 e. The highest BCUT2D eigenvalue weighted by molar-refractivity contribution is 5.42. The van der Waals surface area contributed by atoms with Crippen LogP contribution in [0.25, 0.3) is 0 Å². The molecule has 0 aliphatic heterocycles. The van der Waals surface area contributed by atoms with Crippen LogP contribution in [-0.4, -0.2) is 9.97 Å². The Bertz CT molecular complexity index is 580. The van der Waals surface area contributed by atoms with E-state index in [-0.39, 0.29) is 11.2 Å². The summed E-state index contributed by atoms with van der Waals surface area (Å²) in [5.74, 6) is -0.414. The van der Waals surface area contributed by atoms with Crippen molar-refractivity contribution in [3.05, 3.63) is 58.0 Å². The molecule has 1 heterocycles. The molecule has 88 valence electrons. The van der Waals surface area contributed by atoms with Gasteiger partial charge in [-0.05, 0) is 30.5 Å². The number of nitrogens with one attached hydrogen (secondary N) is 1. The summed E-state index contributed by atoms with van der Waals surface area (Å²) < 4.78 is 12.9. The van der Waals surface area contributed by atoms with Crippen LogP contribution in [-0.2, 0) is 12.8 Å². The van der Waals surface area contributed by atoms with Gasteiger partial charge >= 0.3 is 0 Å². The van der Waals surface area contributed by atoms with Gasteiger partial charge in [0.2, 0.25) is 0 Å². The van der Waals surface area contributed by atoms with Crippen molar-refractivity contribution in [2.45, 2.75) is 12.8 Å². The number of nitrogen functional groups attached to an aromatic ring is 1. The Morgan fingerprint density at radius 3 is 2.82 bits per heavy atom. The Kier molecular flexibility index (Phi) is 3.18. The first-order valence-corrected chi connectivity index (χ1v) is 5.22. The lowest BCUT2D eigenvalue weighted by molar-refractivity contribution is 0.631. The van der Waals surface area contributed by atoms with E-state index in [9.17, 15) is 9.18 Å². The molecule has 1 aromatic heterocycles. The lowest BCUT2D eigenvalue weighted by Crippen LogP contribution is -2.07. The maximum absolute atomic E-state index is 12.9. The number of hydrogen-bond acceptors (Lipinski definition) is 3. The van der Waals surface area contributed by atoms with Crippen molar-refractivity contribution in [3.63, 3.8) is 0 Å². The van der Waals surface area contributed by atoms with E-state index < -0.39 is 5.82 Å². The fourth-order valence-corrected chi connectivity index (χ4v) is 1.57. The number of anilines is 1. The standard InChI is InChI=1S/C12H12FN3O/c13-10-4-2-8(5-11(10)14)1-3-9-6-12(17)16-7-15-9/h2,4-7H,1,3,14H2,(H,15,16,17). The van der Waals surface area contributed by atoms with Crippen molar-refractivity contribution in [1.82, 2.24) is 9.97 Å². The molecule has 3 N–H and O–H groups in total. The molecule has 4 nitrogen and oxygen atoms in total. The lowest BCUT2D eigenvalue weighted by atomic mass is 10.1. The highest BCUT2D eigenvalue weighted by Crippen LogP contribution is 2.13. The molecular weight excluding hydrogens is 221 g/mol. The zero-order valence-electron chi connectivity index (χ0n) is 9.11. The Balaban J connectivity index is 2.07. The van der Waals surface area contributed by atoms with Gasteiger partial charge in [-0.25, -0.2) is 9.37 Å². The summed E-state index contributed by atoms with van der Waals surface area (Å²) in [4.78, 5) is 17.5. The van der Waals surface area contributed by atoms with Gasteiger partial charge in [-0.3, -0.25) is 4.79 Å². The van der Waals surface area contributed by atoms with Gasteiger partial charge in [0.15, 0.2) is 0 Å². The molecule has 2 aromatic rings. The van der Waals surface area contributed by atoms with Crippen LogP contribution in [0.2, 0.25) is 0 Å². The van der Waals surface area contributed by atoms with Crippen molar-refractivity contribution in [2.75, 3.05) is 5.73 Å². The van der Waals surface area contributed by atoms with E-state index in [1.54, 1.807) is 12.1 Å². The van der Waals surface area contributed by atoms with E-state index in [1.165, 1.54) is 18.5 Å². The van der Waals surface area contributed by atoms with E-state index in [2.05, 4.69) is 9.97 Å². The first kappa shape index (κ1) is 11.3. The predicted octanol–water partition coefficient (Wildman–Crippen LogP) is 1.28. The Hall–Kier alpha value is -2.17. The fourth-order valence-electron chi connectivity index (χ4n) is 1.57. The van der Waals surface area contributed by atoms with Crippen molar-refractivity contribution >= 4 is 5.69 Å². The Morgan fingerprint density at radius 2 is 2.12 bits per heavy atom. The first-order chi connectivity index (χ1) is 8.15. The van der Waals surface area contributed by atoms with Gasteiger partial charge in [0.1, 0.15) is 5.82 Å². The van der Waals surface area contributed by atoms with E-state index in [4.69, 9.17) is 5.73 Å². The second kappa shape index (κ2) is 4.78. The number of aromatic nitrogens is 2. The SMILES string of the molecule is Nc1cc(CCc2cc(=O)[nH]cn2)ccc1F. The van der Waals surface area contributed by atoms with E-state index in [0.717, 1.165) is 5.56 Å². The molecule has 0 saturated carbocycles. The number of nitrogens with zero attached hydrogens (tertiary/aromatic N) is 1. The number of aryl methyl sites for hydroxylation is 2. The zero-order chi connectivity index (χ0) is 12.3. The van der Waals surface area contributed by atoms with Crippen LogP contribution in [0.5, 0.6) is 0 Å². The quantitative estimate of drug-likeness (QED) is 0.784. The summed E-state index contributed by atoms with van der Waals surface area (Å²) in [5.41, 5.74) is 7.06. The highest BCUT2D eigenvalue weighted by atomic mass is 19.1. The monoisotopic (exact) mass is 233 g/mol. The second-order valence-electron chi connectivity index (χ2n) is 3.76. The van der Waals surface area contributed by atoms with Crippen molar-refractivity contribution in [3.8, 4) is 0 Å². The normalized spacial score (nSPS) is 10.4. The molecule has 5 heteroatoms. The molecule has 0 radical (unpaired) electrons. The molecule has 0 bridgehead atoms. The molecule has 0 saturated heterocycles.